The Morgan fingerprint density at radius 2 is 1.85 bits per heavy atom. The number of rotatable bonds is 7. The van der Waals surface area contributed by atoms with Crippen LogP contribution in [0.4, 0.5) is 0 Å². The first kappa shape index (κ1) is 18.6. The lowest BCUT2D eigenvalue weighted by atomic mass is 9.97. The van der Waals surface area contributed by atoms with Crippen molar-refractivity contribution >= 4 is 0 Å². The Morgan fingerprint density at radius 1 is 1.00 bits per heavy atom. The number of ether oxygens (including phenoxy) is 1. The molecule has 0 bridgehead atoms. The molecule has 6 nitrogen and oxygen atoms in total. The molecule has 1 aromatic heterocycles. The molecular weight excluding hydrogens is 340 g/mol. The lowest BCUT2D eigenvalue weighted by Gasteiger charge is -2.36. The van der Waals surface area contributed by atoms with Crippen molar-refractivity contribution in [1.82, 2.24) is 19.9 Å². The van der Waals surface area contributed by atoms with Crippen LogP contribution in [-0.4, -0.2) is 65.9 Å². The number of piperidine rings is 1. The summed E-state index contributed by atoms with van der Waals surface area (Å²) < 4.78 is 11.0. The van der Waals surface area contributed by atoms with Crippen molar-refractivity contribution in [2.75, 3.05) is 45.9 Å². The Morgan fingerprint density at radius 3 is 2.70 bits per heavy atom. The van der Waals surface area contributed by atoms with E-state index in [-0.39, 0.29) is 0 Å². The highest BCUT2D eigenvalue weighted by Crippen LogP contribution is 2.20. The fraction of sp³-hybridized carbons (Fsp3) is 0.619. The van der Waals surface area contributed by atoms with Gasteiger partial charge in [-0.1, -0.05) is 35.5 Å². The minimum Gasteiger partial charge on any atom is -0.379 e. The summed E-state index contributed by atoms with van der Waals surface area (Å²) >= 11 is 0. The second-order valence-corrected chi connectivity index (χ2v) is 7.75. The van der Waals surface area contributed by atoms with Crippen molar-refractivity contribution < 1.29 is 9.26 Å². The lowest BCUT2D eigenvalue weighted by Crippen LogP contribution is -2.44. The maximum atomic E-state index is 5.51. The Labute approximate surface area is 161 Å². The number of hydrogen-bond donors (Lipinski definition) is 0. The van der Waals surface area contributed by atoms with Gasteiger partial charge in [0.15, 0.2) is 5.82 Å². The summed E-state index contributed by atoms with van der Waals surface area (Å²) in [5.74, 6) is 2.30. The maximum absolute atomic E-state index is 5.51. The van der Waals surface area contributed by atoms with E-state index in [2.05, 4.69) is 44.2 Å². The van der Waals surface area contributed by atoms with E-state index >= 15 is 0 Å². The molecule has 0 unspecified atom stereocenters. The predicted octanol–water partition coefficient (Wildman–Crippen LogP) is 2.40. The van der Waals surface area contributed by atoms with Gasteiger partial charge in [0, 0.05) is 32.6 Å². The van der Waals surface area contributed by atoms with Crippen LogP contribution in [0.3, 0.4) is 0 Å². The molecule has 0 radical (unpaired) electrons. The highest BCUT2D eigenvalue weighted by molar-refractivity contribution is 5.15. The molecule has 2 aliphatic rings. The Bertz CT molecular complexity index is 684. The third kappa shape index (κ3) is 5.61. The zero-order valence-corrected chi connectivity index (χ0v) is 16.1. The van der Waals surface area contributed by atoms with Crippen molar-refractivity contribution in [1.29, 1.82) is 0 Å². The molecular formula is C21H30N4O2. The molecule has 0 aliphatic carbocycles. The molecule has 2 aromatic rings. The van der Waals surface area contributed by atoms with Crippen LogP contribution >= 0.6 is 0 Å². The van der Waals surface area contributed by atoms with Gasteiger partial charge in [0.05, 0.1) is 19.8 Å². The van der Waals surface area contributed by atoms with E-state index in [4.69, 9.17) is 9.26 Å². The van der Waals surface area contributed by atoms with Gasteiger partial charge in [-0.05, 0) is 37.3 Å². The van der Waals surface area contributed by atoms with Crippen molar-refractivity contribution in [3.8, 4) is 0 Å². The number of benzene rings is 1. The molecule has 0 N–H and O–H groups in total. The number of nitrogens with zero attached hydrogens (tertiary/aromatic N) is 4. The van der Waals surface area contributed by atoms with Crippen LogP contribution in [-0.2, 0) is 24.1 Å². The molecule has 1 aromatic carbocycles. The van der Waals surface area contributed by atoms with Gasteiger partial charge in [-0.3, -0.25) is 9.80 Å². The Kier molecular flexibility index (Phi) is 6.50. The van der Waals surface area contributed by atoms with E-state index in [0.29, 0.717) is 0 Å². The van der Waals surface area contributed by atoms with Gasteiger partial charge in [-0.15, -0.1) is 0 Å². The monoisotopic (exact) mass is 370 g/mol. The SMILES string of the molecule is c1ccc(CCc2noc(CN3CCC[C@@H](CN4CCOCC4)C3)n2)cc1. The van der Waals surface area contributed by atoms with Crippen LogP contribution in [0, 0.1) is 5.92 Å². The van der Waals surface area contributed by atoms with Crippen molar-refractivity contribution in [3.63, 3.8) is 0 Å². The fourth-order valence-electron chi connectivity index (χ4n) is 4.14. The van der Waals surface area contributed by atoms with Crippen molar-refractivity contribution in [2.24, 2.45) is 5.92 Å². The second kappa shape index (κ2) is 9.44. The van der Waals surface area contributed by atoms with Gasteiger partial charge in [0.25, 0.3) is 0 Å². The molecule has 1 atom stereocenters. The summed E-state index contributed by atoms with van der Waals surface area (Å²) in [5.41, 5.74) is 1.31. The third-order valence-corrected chi connectivity index (χ3v) is 5.57. The third-order valence-electron chi connectivity index (χ3n) is 5.57. The average Bonchev–Trinajstić information content (AvgIpc) is 3.16. The highest BCUT2D eigenvalue weighted by Gasteiger charge is 2.24. The zero-order chi connectivity index (χ0) is 18.3. The molecule has 0 spiro atoms. The van der Waals surface area contributed by atoms with Crippen LogP contribution < -0.4 is 0 Å². The summed E-state index contributed by atoms with van der Waals surface area (Å²) in [6.45, 7) is 8.12. The quantitative estimate of drug-likeness (QED) is 0.746. The molecule has 2 fully saturated rings. The van der Waals surface area contributed by atoms with E-state index in [9.17, 15) is 0 Å². The molecule has 2 aliphatic heterocycles. The Balaban J connectivity index is 1.24. The van der Waals surface area contributed by atoms with Gasteiger partial charge in [-0.25, -0.2) is 0 Å². The molecule has 4 rings (SSSR count). The largest absolute Gasteiger partial charge is 0.379 e. The van der Waals surface area contributed by atoms with Gasteiger partial charge in [0.1, 0.15) is 0 Å². The van der Waals surface area contributed by atoms with Gasteiger partial charge < -0.3 is 9.26 Å². The second-order valence-electron chi connectivity index (χ2n) is 7.75. The van der Waals surface area contributed by atoms with Crippen LogP contribution in [0.15, 0.2) is 34.9 Å². The number of aromatic nitrogens is 2. The van der Waals surface area contributed by atoms with E-state index in [0.717, 1.165) is 76.4 Å². The number of aryl methyl sites for hydroxylation is 2. The first-order valence-electron chi connectivity index (χ1n) is 10.2. The standard InChI is InChI=1S/C21H30N4O2/c1-2-5-18(6-3-1)8-9-20-22-21(27-23-20)17-25-10-4-7-19(16-25)15-24-11-13-26-14-12-24/h1-3,5-6,19H,4,7-17H2/t19-/m0/s1. The summed E-state index contributed by atoms with van der Waals surface area (Å²) in [5, 5.41) is 4.17. The number of morpholine rings is 1. The number of likely N-dealkylation sites (tertiary alicyclic amines) is 1. The van der Waals surface area contributed by atoms with Crippen LogP contribution in [0.2, 0.25) is 0 Å². The van der Waals surface area contributed by atoms with Gasteiger partial charge in [-0.2, -0.15) is 4.98 Å². The van der Waals surface area contributed by atoms with E-state index < -0.39 is 0 Å². The van der Waals surface area contributed by atoms with Gasteiger partial charge >= 0.3 is 0 Å². The summed E-state index contributed by atoms with van der Waals surface area (Å²) in [4.78, 5) is 9.64. The topological polar surface area (TPSA) is 54.6 Å². The summed E-state index contributed by atoms with van der Waals surface area (Å²) in [7, 11) is 0. The normalized spacial score (nSPS) is 22.1. The molecule has 27 heavy (non-hydrogen) atoms. The van der Waals surface area contributed by atoms with Gasteiger partial charge in [0.2, 0.25) is 5.89 Å². The minimum atomic E-state index is 0.734. The van der Waals surface area contributed by atoms with Crippen molar-refractivity contribution in [3.05, 3.63) is 47.6 Å². The molecule has 6 heteroatoms. The van der Waals surface area contributed by atoms with Crippen LogP contribution in [0.5, 0.6) is 0 Å². The molecule has 3 heterocycles. The molecule has 0 amide bonds. The molecule has 0 saturated carbocycles. The summed E-state index contributed by atoms with van der Waals surface area (Å²) in [6, 6.07) is 10.5. The Hall–Kier alpha value is -1.76. The average molecular weight is 370 g/mol. The zero-order valence-electron chi connectivity index (χ0n) is 16.1. The highest BCUT2D eigenvalue weighted by atomic mass is 16.5. The first-order valence-corrected chi connectivity index (χ1v) is 10.2. The number of hydrogen-bond acceptors (Lipinski definition) is 6. The predicted molar refractivity (Wildman–Crippen MR) is 103 cm³/mol. The van der Waals surface area contributed by atoms with Crippen LogP contribution in [0.25, 0.3) is 0 Å². The van der Waals surface area contributed by atoms with Crippen LogP contribution in [0.1, 0.15) is 30.1 Å². The van der Waals surface area contributed by atoms with Crippen molar-refractivity contribution in [2.45, 2.75) is 32.2 Å². The first-order chi connectivity index (χ1) is 13.3. The van der Waals surface area contributed by atoms with E-state index in [1.54, 1.807) is 0 Å². The maximum Gasteiger partial charge on any atom is 0.240 e. The van der Waals surface area contributed by atoms with E-state index in [1.807, 2.05) is 6.07 Å². The lowest BCUT2D eigenvalue weighted by molar-refractivity contribution is 0.0218. The minimum absolute atomic E-state index is 0.734. The fourth-order valence-corrected chi connectivity index (χ4v) is 4.14. The van der Waals surface area contributed by atoms with E-state index in [1.165, 1.54) is 24.9 Å². The molecule has 2 saturated heterocycles. The smallest absolute Gasteiger partial charge is 0.240 e. The summed E-state index contributed by atoms with van der Waals surface area (Å²) in [6.07, 6.45) is 4.35. The molecule has 146 valence electrons.